The largest absolute Gasteiger partial charge is 0.311 e. The SMILES string of the molecule is CN1CCCCC1CNCc1cccnc1C#N. The quantitative estimate of drug-likeness (QED) is 0.872. The number of nitrogens with zero attached hydrogens (tertiary/aromatic N) is 3. The van der Waals surface area contributed by atoms with Crippen molar-refractivity contribution in [1.82, 2.24) is 15.2 Å². The van der Waals surface area contributed by atoms with Gasteiger partial charge in [-0.1, -0.05) is 12.5 Å². The van der Waals surface area contributed by atoms with Gasteiger partial charge in [0.25, 0.3) is 0 Å². The second kappa shape index (κ2) is 6.48. The van der Waals surface area contributed by atoms with E-state index in [1.807, 2.05) is 12.1 Å². The molecule has 1 N–H and O–H groups in total. The molecule has 1 atom stereocenters. The lowest BCUT2D eigenvalue weighted by molar-refractivity contribution is 0.181. The number of hydrogen-bond acceptors (Lipinski definition) is 4. The van der Waals surface area contributed by atoms with Gasteiger partial charge in [0.15, 0.2) is 0 Å². The highest BCUT2D eigenvalue weighted by molar-refractivity contribution is 5.30. The highest BCUT2D eigenvalue weighted by Crippen LogP contribution is 2.14. The first-order valence-corrected chi connectivity index (χ1v) is 6.56. The molecule has 0 saturated carbocycles. The Balaban J connectivity index is 1.83. The van der Waals surface area contributed by atoms with Crippen LogP contribution in [0, 0.1) is 11.3 Å². The van der Waals surface area contributed by atoms with Gasteiger partial charge in [0.1, 0.15) is 11.8 Å². The molecular formula is C14H20N4. The first kappa shape index (κ1) is 13.0. The molecule has 4 nitrogen and oxygen atoms in total. The van der Waals surface area contributed by atoms with Crippen molar-refractivity contribution < 1.29 is 0 Å². The van der Waals surface area contributed by atoms with Crippen molar-refractivity contribution in [3.05, 3.63) is 29.6 Å². The molecule has 1 aromatic rings. The molecule has 0 aromatic carbocycles. The summed E-state index contributed by atoms with van der Waals surface area (Å²) in [4.78, 5) is 6.49. The summed E-state index contributed by atoms with van der Waals surface area (Å²) >= 11 is 0. The van der Waals surface area contributed by atoms with Crippen LogP contribution in [0.3, 0.4) is 0 Å². The number of likely N-dealkylation sites (N-methyl/N-ethyl adjacent to an activating group) is 1. The monoisotopic (exact) mass is 244 g/mol. The van der Waals surface area contributed by atoms with Gasteiger partial charge in [0.2, 0.25) is 0 Å². The number of piperidine rings is 1. The molecule has 0 radical (unpaired) electrons. The molecule has 18 heavy (non-hydrogen) atoms. The van der Waals surface area contributed by atoms with E-state index in [2.05, 4.69) is 28.3 Å². The molecule has 1 fully saturated rings. The predicted molar refractivity (Wildman–Crippen MR) is 70.9 cm³/mol. The maximum Gasteiger partial charge on any atom is 0.144 e. The fourth-order valence-corrected chi connectivity index (χ4v) is 2.46. The van der Waals surface area contributed by atoms with Gasteiger partial charge in [-0.3, -0.25) is 0 Å². The van der Waals surface area contributed by atoms with E-state index in [1.54, 1.807) is 6.20 Å². The van der Waals surface area contributed by atoms with Crippen LogP contribution in [0.4, 0.5) is 0 Å². The van der Waals surface area contributed by atoms with Crippen LogP contribution in [-0.4, -0.2) is 36.1 Å². The van der Waals surface area contributed by atoms with E-state index in [4.69, 9.17) is 5.26 Å². The van der Waals surface area contributed by atoms with E-state index in [1.165, 1.54) is 25.8 Å². The molecule has 1 unspecified atom stereocenters. The smallest absolute Gasteiger partial charge is 0.144 e. The highest BCUT2D eigenvalue weighted by Gasteiger charge is 2.18. The lowest BCUT2D eigenvalue weighted by Crippen LogP contribution is -2.42. The maximum atomic E-state index is 8.96. The zero-order valence-corrected chi connectivity index (χ0v) is 10.9. The van der Waals surface area contributed by atoms with Gasteiger partial charge in [-0.2, -0.15) is 5.26 Å². The summed E-state index contributed by atoms with van der Waals surface area (Å²) in [5.74, 6) is 0. The summed E-state index contributed by atoms with van der Waals surface area (Å²) in [5.41, 5.74) is 1.51. The second-order valence-corrected chi connectivity index (χ2v) is 4.88. The van der Waals surface area contributed by atoms with Crippen LogP contribution < -0.4 is 5.32 Å². The third-order valence-electron chi connectivity index (χ3n) is 3.61. The van der Waals surface area contributed by atoms with Gasteiger partial charge in [-0.15, -0.1) is 0 Å². The van der Waals surface area contributed by atoms with E-state index >= 15 is 0 Å². The third-order valence-corrected chi connectivity index (χ3v) is 3.61. The molecule has 0 amide bonds. The average Bonchev–Trinajstić information content (AvgIpc) is 2.41. The second-order valence-electron chi connectivity index (χ2n) is 4.88. The summed E-state index contributed by atoms with van der Waals surface area (Å²) in [7, 11) is 2.19. The number of hydrogen-bond donors (Lipinski definition) is 1. The predicted octanol–water partition coefficient (Wildman–Crippen LogP) is 1.53. The fraction of sp³-hybridized carbons (Fsp3) is 0.571. The first-order valence-electron chi connectivity index (χ1n) is 6.56. The standard InChI is InChI=1S/C14H20N4/c1-18-8-3-2-6-13(18)11-16-10-12-5-4-7-17-14(12)9-15/h4-5,7,13,16H,2-3,6,8,10-11H2,1H3. The van der Waals surface area contributed by atoms with E-state index in [0.717, 1.165) is 18.7 Å². The molecule has 1 aromatic heterocycles. The number of rotatable bonds is 4. The first-order chi connectivity index (χ1) is 8.81. The van der Waals surface area contributed by atoms with Gasteiger partial charge in [-0.05, 0) is 32.5 Å². The third kappa shape index (κ3) is 3.28. The van der Waals surface area contributed by atoms with Crippen LogP contribution in [0.5, 0.6) is 0 Å². The molecule has 0 bridgehead atoms. The number of nitriles is 1. The molecule has 2 heterocycles. The van der Waals surface area contributed by atoms with Crippen LogP contribution in [0.2, 0.25) is 0 Å². The molecule has 2 rings (SSSR count). The number of likely N-dealkylation sites (tertiary alicyclic amines) is 1. The van der Waals surface area contributed by atoms with Crippen molar-refractivity contribution in [3.63, 3.8) is 0 Å². The Morgan fingerprint density at radius 3 is 3.22 bits per heavy atom. The Bertz CT molecular complexity index is 424. The van der Waals surface area contributed by atoms with Gasteiger partial charge in [0, 0.05) is 30.9 Å². The lowest BCUT2D eigenvalue weighted by Gasteiger charge is -2.32. The van der Waals surface area contributed by atoms with Crippen molar-refractivity contribution in [2.24, 2.45) is 0 Å². The highest BCUT2D eigenvalue weighted by atomic mass is 15.2. The minimum Gasteiger partial charge on any atom is -0.311 e. The molecule has 0 spiro atoms. The molecule has 1 saturated heterocycles. The maximum absolute atomic E-state index is 8.96. The van der Waals surface area contributed by atoms with Crippen molar-refractivity contribution in [2.75, 3.05) is 20.1 Å². The number of nitrogens with one attached hydrogen (secondary N) is 1. The summed E-state index contributed by atoms with van der Waals surface area (Å²) in [6, 6.07) is 6.60. The van der Waals surface area contributed by atoms with E-state index in [9.17, 15) is 0 Å². The lowest BCUT2D eigenvalue weighted by atomic mass is 10.0. The topological polar surface area (TPSA) is 52.0 Å². The molecule has 1 aliphatic heterocycles. The number of pyridine rings is 1. The summed E-state index contributed by atoms with van der Waals surface area (Å²) in [6.45, 7) is 2.90. The van der Waals surface area contributed by atoms with E-state index in [-0.39, 0.29) is 0 Å². The van der Waals surface area contributed by atoms with Crippen LogP contribution in [-0.2, 0) is 6.54 Å². The Morgan fingerprint density at radius 2 is 2.44 bits per heavy atom. The fourth-order valence-electron chi connectivity index (χ4n) is 2.46. The minimum atomic E-state index is 0.530. The van der Waals surface area contributed by atoms with Crippen LogP contribution >= 0.6 is 0 Å². The Hall–Kier alpha value is -1.44. The van der Waals surface area contributed by atoms with Crippen molar-refractivity contribution in [2.45, 2.75) is 31.8 Å². The Labute approximate surface area is 109 Å². The van der Waals surface area contributed by atoms with Gasteiger partial charge >= 0.3 is 0 Å². The van der Waals surface area contributed by atoms with Crippen molar-refractivity contribution >= 4 is 0 Å². The van der Waals surface area contributed by atoms with Crippen LogP contribution in [0.15, 0.2) is 18.3 Å². The molecule has 0 aliphatic carbocycles. The molecule has 4 heteroatoms. The molecule has 1 aliphatic rings. The summed E-state index contributed by atoms with van der Waals surface area (Å²) in [5, 5.41) is 12.4. The van der Waals surface area contributed by atoms with Crippen LogP contribution in [0.25, 0.3) is 0 Å². The zero-order valence-electron chi connectivity index (χ0n) is 10.9. The summed E-state index contributed by atoms with van der Waals surface area (Å²) < 4.78 is 0. The van der Waals surface area contributed by atoms with Gasteiger partial charge < -0.3 is 10.2 Å². The Kier molecular flexibility index (Phi) is 4.68. The normalized spacial score (nSPS) is 20.6. The molecule has 96 valence electrons. The van der Waals surface area contributed by atoms with Gasteiger partial charge in [-0.25, -0.2) is 4.98 Å². The van der Waals surface area contributed by atoms with Crippen molar-refractivity contribution in [1.29, 1.82) is 5.26 Å². The van der Waals surface area contributed by atoms with Crippen molar-refractivity contribution in [3.8, 4) is 6.07 Å². The van der Waals surface area contributed by atoms with Crippen LogP contribution in [0.1, 0.15) is 30.5 Å². The van der Waals surface area contributed by atoms with E-state index < -0.39 is 0 Å². The average molecular weight is 244 g/mol. The zero-order chi connectivity index (χ0) is 12.8. The van der Waals surface area contributed by atoms with Gasteiger partial charge in [0.05, 0.1) is 0 Å². The molecular weight excluding hydrogens is 224 g/mol. The van der Waals surface area contributed by atoms with E-state index in [0.29, 0.717) is 11.7 Å². The summed E-state index contributed by atoms with van der Waals surface area (Å²) in [6.07, 6.45) is 5.57. The number of aromatic nitrogens is 1. The minimum absolute atomic E-state index is 0.530. The Morgan fingerprint density at radius 1 is 1.56 bits per heavy atom.